The lowest BCUT2D eigenvalue weighted by molar-refractivity contribution is 0.0697. The quantitative estimate of drug-likeness (QED) is 0.379. The molecule has 0 saturated heterocycles. The largest absolute Gasteiger partial charge is 0.390 e. The van der Waals surface area contributed by atoms with Gasteiger partial charge < -0.3 is 25.2 Å². The molecule has 0 unspecified atom stereocenters. The minimum Gasteiger partial charge on any atom is -0.390 e. The SMILES string of the molecule is CC(C)([C@H](O)CNC1CC1)S(=O)(=O)C1(CN2CCn3c(cnc3C(=O)NCc3ccc(Cl)cc3)C2=O)CC1. The van der Waals surface area contributed by atoms with Gasteiger partial charge in [0.15, 0.2) is 15.7 Å². The molecule has 2 aromatic rings. The van der Waals surface area contributed by atoms with Crippen LogP contribution in [-0.4, -0.2) is 81.1 Å². The van der Waals surface area contributed by atoms with Crippen molar-refractivity contribution >= 4 is 33.3 Å². The number of imidazole rings is 1. The number of aromatic nitrogens is 2. The average Bonchev–Trinajstić information content (AvgIpc) is 3.82. The second-order valence-corrected chi connectivity index (χ2v) is 14.5. The van der Waals surface area contributed by atoms with Crippen LogP contribution in [0, 0.1) is 0 Å². The minimum atomic E-state index is -3.78. The molecule has 2 amide bonds. The van der Waals surface area contributed by atoms with Crippen molar-refractivity contribution in [3.05, 3.63) is 52.6 Å². The molecular formula is C26H34ClN5O5S. The fraction of sp³-hybridized carbons (Fsp3) is 0.577. The van der Waals surface area contributed by atoms with Gasteiger partial charge in [-0.1, -0.05) is 23.7 Å². The van der Waals surface area contributed by atoms with Crippen molar-refractivity contribution in [3.8, 4) is 0 Å². The predicted octanol–water partition coefficient (Wildman–Crippen LogP) is 1.76. The number of aliphatic hydroxyl groups is 1. The molecule has 2 aliphatic carbocycles. The first-order valence-electron chi connectivity index (χ1n) is 13.0. The van der Waals surface area contributed by atoms with Crippen LogP contribution in [0.15, 0.2) is 30.5 Å². The lowest BCUT2D eigenvalue weighted by Crippen LogP contribution is -2.56. The molecule has 12 heteroatoms. The molecule has 2 fully saturated rings. The van der Waals surface area contributed by atoms with Gasteiger partial charge in [0.1, 0.15) is 5.69 Å². The van der Waals surface area contributed by atoms with Gasteiger partial charge in [0.2, 0.25) is 0 Å². The number of carbonyl (C=O) groups is 2. The van der Waals surface area contributed by atoms with Crippen LogP contribution < -0.4 is 10.6 Å². The van der Waals surface area contributed by atoms with E-state index in [4.69, 9.17) is 11.6 Å². The molecule has 0 radical (unpaired) electrons. The van der Waals surface area contributed by atoms with Crippen molar-refractivity contribution < 1.29 is 23.1 Å². The highest BCUT2D eigenvalue weighted by atomic mass is 35.5. The molecule has 1 aromatic heterocycles. The number of benzene rings is 1. The summed E-state index contributed by atoms with van der Waals surface area (Å²) in [7, 11) is -3.78. The fourth-order valence-electron chi connectivity index (χ4n) is 5.00. The van der Waals surface area contributed by atoms with Gasteiger partial charge in [-0.2, -0.15) is 0 Å². The number of sulfone groups is 1. The van der Waals surface area contributed by atoms with E-state index < -0.39 is 31.3 Å². The van der Waals surface area contributed by atoms with Gasteiger partial charge in [0.05, 0.1) is 21.8 Å². The zero-order chi connectivity index (χ0) is 27.3. The number of fused-ring (bicyclic) bond motifs is 1. The summed E-state index contributed by atoms with van der Waals surface area (Å²) in [5.41, 5.74) is 1.14. The number of halogens is 1. The Labute approximate surface area is 227 Å². The summed E-state index contributed by atoms with van der Waals surface area (Å²) in [6, 6.07) is 7.48. The number of carbonyl (C=O) groups excluding carboxylic acids is 2. The van der Waals surface area contributed by atoms with Gasteiger partial charge in [-0.3, -0.25) is 9.59 Å². The summed E-state index contributed by atoms with van der Waals surface area (Å²) < 4.78 is 26.7. The third-order valence-electron chi connectivity index (χ3n) is 8.05. The molecule has 1 aromatic carbocycles. The molecular weight excluding hydrogens is 530 g/mol. The minimum absolute atomic E-state index is 0.0592. The van der Waals surface area contributed by atoms with E-state index in [-0.39, 0.29) is 43.6 Å². The average molecular weight is 564 g/mol. The van der Waals surface area contributed by atoms with Crippen molar-refractivity contribution in [2.75, 3.05) is 19.6 Å². The number of nitrogens with zero attached hydrogens (tertiary/aromatic N) is 3. The summed E-state index contributed by atoms with van der Waals surface area (Å²) >= 11 is 5.91. The van der Waals surface area contributed by atoms with Gasteiger partial charge in [-0.25, -0.2) is 13.4 Å². The number of aliphatic hydroxyl groups excluding tert-OH is 1. The Kier molecular flexibility index (Phi) is 7.08. The van der Waals surface area contributed by atoms with E-state index >= 15 is 0 Å². The number of hydrogen-bond acceptors (Lipinski definition) is 7. The van der Waals surface area contributed by atoms with Crippen LogP contribution in [0.3, 0.4) is 0 Å². The summed E-state index contributed by atoms with van der Waals surface area (Å²) in [6.07, 6.45) is 3.30. The molecule has 10 nitrogen and oxygen atoms in total. The van der Waals surface area contributed by atoms with Crippen molar-refractivity contribution in [3.63, 3.8) is 0 Å². The summed E-state index contributed by atoms with van der Waals surface area (Å²) in [5, 5.41) is 17.4. The first-order valence-corrected chi connectivity index (χ1v) is 14.8. The van der Waals surface area contributed by atoms with E-state index in [2.05, 4.69) is 15.6 Å². The van der Waals surface area contributed by atoms with E-state index in [0.29, 0.717) is 30.5 Å². The highest BCUT2D eigenvalue weighted by molar-refractivity contribution is 7.94. The zero-order valence-electron chi connectivity index (χ0n) is 21.6. The lowest BCUT2D eigenvalue weighted by Gasteiger charge is -2.37. The molecule has 38 heavy (non-hydrogen) atoms. The van der Waals surface area contributed by atoms with E-state index in [1.807, 2.05) is 12.1 Å². The smallest absolute Gasteiger partial charge is 0.287 e. The second-order valence-electron chi connectivity index (χ2n) is 11.1. The summed E-state index contributed by atoms with van der Waals surface area (Å²) in [6.45, 7) is 4.31. The van der Waals surface area contributed by atoms with Crippen LogP contribution >= 0.6 is 11.6 Å². The first kappa shape index (κ1) is 27.1. The van der Waals surface area contributed by atoms with Crippen LogP contribution in [0.25, 0.3) is 0 Å². The van der Waals surface area contributed by atoms with Gasteiger partial charge in [0, 0.05) is 43.8 Å². The maximum absolute atomic E-state index is 13.8. The van der Waals surface area contributed by atoms with E-state index in [1.54, 1.807) is 35.4 Å². The molecule has 2 heterocycles. The van der Waals surface area contributed by atoms with E-state index in [0.717, 1.165) is 18.4 Å². The molecule has 3 aliphatic rings. The van der Waals surface area contributed by atoms with Gasteiger partial charge in [-0.05, 0) is 57.2 Å². The second kappa shape index (κ2) is 9.93. The standard InChI is InChI=1S/C26H34ClN5O5S/c1-25(2,21(33)15-28-19-7-8-19)38(36,37)26(9-10-26)16-31-11-12-32-20(24(31)35)14-29-22(32)23(34)30-13-17-3-5-18(27)6-4-17/h3-6,14,19,21,28,33H,7-13,15-16H2,1-2H3,(H,30,34)/t21-/m1/s1. The maximum atomic E-state index is 13.8. The van der Waals surface area contributed by atoms with Crippen LogP contribution in [0.1, 0.15) is 66.2 Å². The number of nitrogens with one attached hydrogen (secondary N) is 2. The third-order valence-corrected chi connectivity index (χ3v) is 11.6. The molecule has 0 spiro atoms. The maximum Gasteiger partial charge on any atom is 0.287 e. The highest BCUT2D eigenvalue weighted by Crippen LogP contribution is 2.50. The zero-order valence-corrected chi connectivity index (χ0v) is 23.2. The molecule has 3 N–H and O–H groups in total. The summed E-state index contributed by atoms with van der Waals surface area (Å²) in [5.74, 6) is -0.608. The monoisotopic (exact) mass is 563 g/mol. The van der Waals surface area contributed by atoms with E-state index in [9.17, 15) is 23.1 Å². The molecule has 0 bridgehead atoms. The Hall–Kier alpha value is -2.47. The van der Waals surface area contributed by atoms with Crippen molar-refractivity contribution in [2.24, 2.45) is 0 Å². The van der Waals surface area contributed by atoms with Crippen molar-refractivity contribution in [1.29, 1.82) is 0 Å². The predicted molar refractivity (Wildman–Crippen MR) is 143 cm³/mol. The van der Waals surface area contributed by atoms with Gasteiger partial charge >= 0.3 is 0 Å². The van der Waals surface area contributed by atoms with Crippen LogP contribution in [0.4, 0.5) is 0 Å². The number of amides is 2. The van der Waals surface area contributed by atoms with Crippen molar-refractivity contribution in [1.82, 2.24) is 25.1 Å². The Morgan fingerprint density at radius 1 is 1.24 bits per heavy atom. The Morgan fingerprint density at radius 3 is 2.55 bits per heavy atom. The lowest BCUT2D eigenvalue weighted by atomic mass is 10.1. The fourth-order valence-corrected chi connectivity index (χ4v) is 7.65. The van der Waals surface area contributed by atoms with Crippen LogP contribution in [0.5, 0.6) is 0 Å². The molecule has 2 saturated carbocycles. The number of hydrogen-bond donors (Lipinski definition) is 3. The van der Waals surface area contributed by atoms with E-state index in [1.165, 1.54) is 6.20 Å². The number of rotatable bonds is 11. The molecule has 206 valence electrons. The summed E-state index contributed by atoms with van der Waals surface area (Å²) in [4.78, 5) is 31.9. The molecule has 5 rings (SSSR count). The Bertz CT molecular complexity index is 1330. The normalized spacial score (nSPS) is 19.7. The Morgan fingerprint density at radius 2 is 1.92 bits per heavy atom. The highest BCUT2D eigenvalue weighted by Gasteiger charge is 2.62. The third kappa shape index (κ3) is 4.97. The first-order chi connectivity index (χ1) is 17.9. The van der Waals surface area contributed by atoms with Gasteiger partial charge in [0.25, 0.3) is 11.8 Å². The Balaban J connectivity index is 1.25. The van der Waals surface area contributed by atoms with Gasteiger partial charge in [-0.15, -0.1) is 0 Å². The topological polar surface area (TPSA) is 134 Å². The van der Waals surface area contributed by atoms with Crippen molar-refractivity contribution in [2.45, 2.75) is 74.3 Å². The van der Waals surface area contributed by atoms with Crippen LogP contribution in [0.2, 0.25) is 5.02 Å². The van der Waals surface area contributed by atoms with Crippen LogP contribution in [-0.2, 0) is 22.9 Å². The molecule has 1 aliphatic heterocycles. The molecule has 1 atom stereocenters.